The molecule has 1 atom stereocenters. The van der Waals surface area contributed by atoms with Gasteiger partial charge in [-0.15, -0.1) is 0 Å². The maximum absolute atomic E-state index is 12.3. The highest BCUT2D eigenvalue weighted by molar-refractivity contribution is 6.33. The van der Waals surface area contributed by atoms with Crippen molar-refractivity contribution >= 4 is 28.9 Å². The molecule has 0 amide bonds. The molecule has 1 aromatic carbocycles. The van der Waals surface area contributed by atoms with Crippen LogP contribution in [0, 0.1) is 6.92 Å². The van der Waals surface area contributed by atoms with Crippen LogP contribution >= 0.6 is 23.2 Å². The molecule has 0 aliphatic rings. The molecule has 0 bridgehead atoms. The lowest BCUT2D eigenvalue weighted by Gasteiger charge is -2.14. The Hall–Kier alpha value is -1.56. The van der Waals surface area contributed by atoms with Gasteiger partial charge in [0.1, 0.15) is 5.02 Å². The number of aliphatic hydroxyl groups is 1. The predicted molar refractivity (Wildman–Crippen MR) is 84.8 cm³/mol. The van der Waals surface area contributed by atoms with Crippen molar-refractivity contribution in [1.82, 2.24) is 9.78 Å². The third-order valence-corrected chi connectivity index (χ3v) is 3.77. The smallest absolute Gasteiger partial charge is 0.292 e. The molecule has 0 saturated carbocycles. The maximum Gasteiger partial charge on any atom is 0.292 e. The Morgan fingerprint density at radius 2 is 2.14 bits per heavy atom. The zero-order chi connectivity index (χ0) is 15.6. The number of aliphatic hydroxyl groups excluding tert-OH is 1. The van der Waals surface area contributed by atoms with Crippen LogP contribution < -0.4 is 10.9 Å². The first-order chi connectivity index (χ1) is 9.93. The summed E-state index contributed by atoms with van der Waals surface area (Å²) in [6.45, 7) is 3.56. The van der Waals surface area contributed by atoms with Crippen molar-refractivity contribution in [3.63, 3.8) is 0 Å². The summed E-state index contributed by atoms with van der Waals surface area (Å²) in [5, 5.41) is 16.6. The van der Waals surface area contributed by atoms with Gasteiger partial charge in [0.05, 0.1) is 24.2 Å². The van der Waals surface area contributed by atoms with E-state index in [9.17, 15) is 4.79 Å². The van der Waals surface area contributed by atoms with Crippen LogP contribution in [0.15, 0.2) is 29.2 Å². The molecule has 0 spiro atoms. The van der Waals surface area contributed by atoms with Crippen molar-refractivity contribution in [2.75, 3.05) is 11.9 Å². The van der Waals surface area contributed by atoms with Crippen LogP contribution in [0.4, 0.5) is 5.69 Å². The highest BCUT2D eigenvalue weighted by atomic mass is 35.5. The second-order valence-corrected chi connectivity index (χ2v) is 5.54. The summed E-state index contributed by atoms with van der Waals surface area (Å²) in [4.78, 5) is 12.3. The zero-order valence-corrected chi connectivity index (χ0v) is 13.1. The Bertz CT molecular complexity index is 716. The van der Waals surface area contributed by atoms with Crippen molar-refractivity contribution in [2.24, 2.45) is 0 Å². The molecule has 0 saturated heterocycles. The van der Waals surface area contributed by atoms with Crippen molar-refractivity contribution in [2.45, 2.75) is 19.9 Å². The standard InChI is InChI=1S/C14H15Cl2N3O2/c1-8-3-4-10(5-11(8)15)19-14(21)13(16)12(6-17-19)18-9(2)7-20/h3-6,9,18,20H,7H2,1-2H3. The fourth-order valence-electron chi connectivity index (χ4n) is 1.74. The number of aromatic nitrogens is 2. The van der Waals surface area contributed by atoms with Gasteiger partial charge in [-0.25, -0.2) is 0 Å². The third-order valence-electron chi connectivity index (χ3n) is 2.99. The summed E-state index contributed by atoms with van der Waals surface area (Å²) >= 11 is 12.1. The molecule has 112 valence electrons. The number of benzene rings is 1. The first-order valence-electron chi connectivity index (χ1n) is 6.35. The van der Waals surface area contributed by atoms with Gasteiger partial charge in [-0.3, -0.25) is 4.79 Å². The monoisotopic (exact) mass is 327 g/mol. The highest BCUT2D eigenvalue weighted by Gasteiger charge is 2.12. The van der Waals surface area contributed by atoms with E-state index in [0.717, 1.165) is 5.56 Å². The molecular weight excluding hydrogens is 313 g/mol. The van der Waals surface area contributed by atoms with Gasteiger partial charge >= 0.3 is 0 Å². The number of aryl methyl sites for hydroxylation is 1. The maximum atomic E-state index is 12.3. The Kier molecular flexibility index (Phi) is 4.88. The Morgan fingerprint density at radius 1 is 1.43 bits per heavy atom. The predicted octanol–water partition coefficient (Wildman–Crippen LogP) is 2.64. The number of halogens is 2. The fourth-order valence-corrected chi connectivity index (χ4v) is 2.10. The van der Waals surface area contributed by atoms with Gasteiger partial charge in [0, 0.05) is 11.1 Å². The topological polar surface area (TPSA) is 67.2 Å². The molecule has 5 nitrogen and oxygen atoms in total. The van der Waals surface area contributed by atoms with Gasteiger partial charge in [0.25, 0.3) is 5.56 Å². The van der Waals surface area contributed by atoms with Crippen molar-refractivity contribution in [3.8, 4) is 5.69 Å². The van der Waals surface area contributed by atoms with Gasteiger partial charge in [-0.05, 0) is 31.5 Å². The molecule has 1 unspecified atom stereocenters. The Balaban J connectivity index is 2.45. The molecule has 2 N–H and O–H groups in total. The average molecular weight is 328 g/mol. The van der Waals surface area contributed by atoms with E-state index in [0.29, 0.717) is 16.4 Å². The second kappa shape index (κ2) is 6.47. The van der Waals surface area contributed by atoms with Crippen molar-refractivity contribution < 1.29 is 5.11 Å². The minimum absolute atomic E-state index is 0.0157. The van der Waals surface area contributed by atoms with Gasteiger partial charge in [-0.2, -0.15) is 9.78 Å². The van der Waals surface area contributed by atoms with E-state index in [1.165, 1.54) is 10.9 Å². The van der Waals surface area contributed by atoms with E-state index in [-0.39, 0.29) is 17.7 Å². The van der Waals surface area contributed by atoms with E-state index < -0.39 is 5.56 Å². The van der Waals surface area contributed by atoms with Crippen LogP contribution in [0.2, 0.25) is 10.0 Å². The second-order valence-electron chi connectivity index (χ2n) is 4.75. The van der Waals surface area contributed by atoms with E-state index >= 15 is 0 Å². The number of hydrogen-bond donors (Lipinski definition) is 2. The van der Waals surface area contributed by atoms with Crippen LogP contribution in [-0.4, -0.2) is 27.5 Å². The van der Waals surface area contributed by atoms with Gasteiger partial charge in [0.15, 0.2) is 0 Å². The van der Waals surface area contributed by atoms with Crippen LogP contribution in [0.25, 0.3) is 5.69 Å². The summed E-state index contributed by atoms with van der Waals surface area (Å²) in [7, 11) is 0. The van der Waals surface area contributed by atoms with Crippen LogP contribution in [-0.2, 0) is 0 Å². The molecule has 21 heavy (non-hydrogen) atoms. The highest BCUT2D eigenvalue weighted by Crippen LogP contribution is 2.20. The van der Waals surface area contributed by atoms with Gasteiger partial charge in [0.2, 0.25) is 0 Å². The van der Waals surface area contributed by atoms with E-state index in [1.807, 2.05) is 6.92 Å². The lowest BCUT2D eigenvalue weighted by molar-refractivity contribution is 0.281. The molecule has 0 aliphatic heterocycles. The van der Waals surface area contributed by atoms with Crippen LogP contribution in [0.5, 0.6) is 0 Å². The number of nitrogens with one attached hydrogen (secondary N) is 1. The summed E-state index contributed by atoms with van der Waals surface area (Å²) in [6, 6.07) is 4.98. The molecule has 2 rings (SSSR count). The lowest BCUT2D eigenvalue weighted by Crippen LogP contribution is -2.26. The van der Waals surface area contributed by atoms with Gasteiger partial charge in [-0.1, -0.05) is 29.3 Å². The molecular formula is C14H15Cl2N3O2. The number of nitrogens with zero attached hydrogens (tertiary/aromatic N) is 2. The van der Waals surface area contributed by atoms with Gasteiger partial charge < -0.3 is 10.4 Å². The van der Waals surface area contributed by atoms with E-state index in [4.69, 9.17) is 28.3 Å². The minimum atomic E-state index is -0.452. The lowest BCUT2D eigenvalue weighted by atomic mass is 10.2. The molecule has 0 radical (unpaired) electrons. The summed E-state index contributed by atoms with van der Waals surface area (Å²) < 4.78 is 1.18. The minimum Gasteiger partial charge on any atom is -0.394 e. The molecule has 2 aromatic rings. The van der Waals surface area contributed by atoms with Crippen molar-refractivity contribution in [3.05, 3.63) is 50.4 Å². The van der Waals surface area contributed by atoms with Crippen LogP contribution in [0.1, 0.15) is 12.5 Å². The Morgan fingerprint density at radius 3 is 2.76 bits per heavy atom. The summed E-state index contributed by atoms with van der Waals surface area (Å²) in [6.07, 6.45) is 1.45. The largest absolute Gasteiger partial charge is 0.394 e. The third kappa shape index (κ3) is 3.37. The Labute approximate surface area is 132 Å². The number of rotatable bonds is 4. The first-order valence-corrected chi connectivity index (χ1v) is 7.11. The molecule has 7 heteroatoms. The quantitative estimate of drug-likeness (QED) is 0.905. The molecule has 1 aromatic heterocycles. The number of hydrogen-bond acceptors (Lipinski definition) is 4. The zero-order valence-electron chi connectivity index (χ0n) is 11.6. The molecule has 1 heterocycles. The molecule has 0 fully saturated rings. The average Bonchev–Trinajstić information content (AvgIpc) is 2.47. The number of anilines is 1. The van der Waals surface area contributed by atoms with E-state index in [1.54, 1.807) is 25.1 Å². The van der Waals surface area contributed by atoms with Crippen molar-refractivity contribution in [1.29, 1.82) is 0 Å². The van der Waals surface area contributed by atoms with E-state index in [2.05, 4.69) is 10.4 Å². The fraction of sp³-hybridized carbons (Fsp3) is 0.286. The SMILES string of the molecule is Cc1ccc(-n2ncc(NC(C)CO)c(Cl)c2=O)cc1Cl. The summed E-state index contributed by atoms with van der Waals surface area (Å²) in [5.74, 6) is 0. The van der Waals surface area contributed by atoms with Crippen LogP contribution in [0.3, 0.4) is 0 Å². The summed E-state index contributed by atoms with van der Waals surface area (Å²) in [5.41, 5.74) is 1.39. The normalized spacial score (nSPS) is 12.2. The molecule has 0 aliphatic carbocycles. The first kappa shape index (κ1) is 15.8.